The lowest BCUT2D eigenvalue weighted by molar-refractivity contribution is 0.392. The number of hydrogen-bond donors (Lipinski definition) is 2. The number of nitrogens with one attached hydrogen (secondary N) is 2. The van der Waals surface area contributed by atoms with Crippen LogP contribution in [0.15, 0.2) is 6.07 Å². The van der Waals surface area contributed by atoms with Crippen LogP contribution in [0.1, 0.15) is 6.92 Å². The molecule has 6 heteroatoms. The molecule has 0 saturated heterocycles. The number of halogens is 2. The van der Waals surface area contributed by atoms with Gasteiger partial charge in [-0.2, -0.15) is 0 Å². The second kappa shape index (κ2) is 6.28. The van der Waals surface area contributed by atoms with Gasteiger partial charge in [0.15, 0.2) is 0 Å². The van der Waals surface area contributed by atoms with Gasteiger partial charge in [-0.25, -0.2) is 4.98 Å². The second-order valence-corrected chi connectivity index (χ2v) is 5.02. The molecule has 1 atom stereocenters. The summed E-state index contributed by atoms with van der Waals surface area (Å²) in [5, 5.41) is 7.23. The van der Waals surface area contributed by atoms with E-state index in [-0.39, 0.29) is 6.04 Å². The molecule has 2 N–H and O–H groups in total. The Morgan fingerprint density at radius 3 is 2.41 bits per heavy atom. The van der Waals surface area contributed by atoms with E-state index in [0.29, 0.717) is 21.7 Å². The molecule has 0 aliphatic heterocycles. The first kappa shape index (κ1) is 14.4. The zero-order chi connectivity index (χ0) is 13.0. The first-order valence-electron chi connectivity index (χ1n) is 5.39. The van der Waals surface area contributed by atoms with Crippen LogP contribution in [0.3, 0.4) is 0 Å². The van der Waals surface area contributed by atoms with Crippen molar-refractivity contribution in [2.45, 2.75) is 13.0 Å². The van der Waals surface area contributed by atoms with Crippen LogP contribution >= 0.6 is 23.2 Å². The third kappa shape index (κ3) is 4.22. The van der Waals surface area contributed by atoms with Gasteiger partial charge >= 0.3 is 0 Å². The third-order valence-electron chi connectivity index (χ3n) is 2.19. The van der Waals surface area contributed by atoms with Crippen molar-refractivity contribution in [2.75, 3.05) is 38.3 Å². The molecule has 0 radical (unpaired) electrons. The monoisotopic (exact) mass is 276 g/mol. The zero-order valence-electron chi connectivity index (χ0n) is 10.5. The van der Waals surface area contributed by atoms with Crippen LogP contribution in [0.4, 0.5) is 11.6 Å². The maximum absolute atomic E-state index is 6.09. The summed E-state index contributed by atoms with van der Waals surface area (Å²) in [6.45, 7) is 2.97. The normalized spacial score (nSPS) is 12.6. The first-order valence-corrected chi connectivity index (χ1v) is 6.14. The Morgan fingerprint density at radius 1 is 1.29 bits per heavy atom. The van der Waals surface area contributed by atoms with Crippen molar-refractivity contribution in [1.82, 2.24) is 9.88 Å². The van der Waals surface area contributed by atoms with E-state index in [4.69, 9.17) is 23.2 Å². The van der Waals surface area contributed by atoms with Crippen LogP contribution in [-0.4, -0.2) is 43.6 Å². The average molecular weight is 277 g/mol. The van der Waals surface area contributed by atoms with Gasteiger partial charge in [-0.3, -0.25) is 0 Å². The highest BCUT2D eigenvalue weighted by molar-refractivity contribution is 6.37. The van der Waals surface area contributed by atoms with E-state index in [1.165, 1.54) is 0 Å². The van der Waals surface area contributed by atoms with E-state index in [9.17, 15) is 0 Å². The van der Waals surface area contributed by atoms with E-state index >= 15 is 0 Å². The Bertz CT molecular complexity index is 382. The summed E-state index contributed by atoms with van der Waals surface area (Å²) >= 11 is 12.1. The van der Waals surface area contributed by atoms with Crippen molar-refractivity contribution in [3.05, 3.63) is 16.1 Å². The highest BCUT2D eigenvalue weighted by Crippen LogP contribution is 2.29. The highest BCUT2D eigenvalue weighted by atomic mass is 35.5. The first-order chi connectivity index (χ1) is 7.93. The molecule has 0 aromatic carbocycles. The predicted molar refractivity (Wildman–Crippen MR) is 75.4 cm³/mol. The van der Waals surface area contributed by atoms with Crippen molar-refractivity contribution in [3.63, 3.8) is 0 Å². The quantitative estimate of drug-likeness (QED) is 0.868. The average Bonchev–Trinajstić information content (AvgIpc) is 2.20. The maximum Gasteiger partial charge on any atom is 0.147 e. The fourth-order valence-corrected chi connectivity index (χ4v) is 2.08. The van der Waals surface area contributed by atoms with E-state index < -0.39 is 0 Å². The summed E-state index contributed by atoms with van der Waals surface area (Å²) in [5.41, 5.74) is 0. The summed E-state index contributed by atoms with van der Waals surface area (Å²) in [7, 11) is 5.82. The molecule has 0 saturated carbocycles. The minimum absolute atomic E-state index is 0.251. The molecule has 0 bridgehead atoms. The fourth-order valence-electron chi connectivity index (χ4n) is 1.57. The van der Waals surface area contributed by atoms with Gasteiger partial charge in [-0.15, -0.1) is 0 Å². The fraction of sp³-hybridized carbons (Fsp3) is 0.545. The number of aromatic nitrogens is 1. The van der Waals surface area contributed by atoms with E-state index in [2.05, 4.69) is 27.4 Å². The van der Waals surface area contributed by atoms with E-state index in [1.54, 1.807) is 13.1 Å². The Kier molecular flexibility index (Phi) is 5.31. The Morgan fingerprint density at radius 2 is 1.88 bits per heavy atom. The van der Waals surface area contributed by atoms with Crippen molar-refractivity contribution in [1.29, 1.82) is 0 Å². The van der Waals surface area contributed by atoms with Gasteiger partial charge in [0.2, 0.25) is 0 Å². The molecule has 96 valence electrons. The van der Waals surface area contributed by atoms with Crippen LogP contribution in [0.2, 0.25) is 10.0 Å². The molecule has 4 nitrogen and oxygen atoms in total. The van der Waals surface area contributed by atoms with Gasteiger partial charge in [0.1, 0.15) is 11.6 Å². The van der Waals surface area contributed by atoms with Crippen molar-refractivity contribution < 1.29 is 0 Å². The van der Waals surface area contributed by atoms with Crippen LogP contribution in [-0.2, 0) is 0 Å². The lowest BCUT2D eigenvalue weighted by Crippen LogP contribution is -2.30. The largest absolute Gasteiger partial charge is 0.372 e. The van der Waals surface area contributed by atoms with E-state index in [1.807, 2.05) is 14.1 Å². The standard InChI is InChI=1S/C11H18Cl2N4/c1-7(6-17(3)4)15-11-9(13)5-8(12)10(14-2)16-11/h5,7H,6H2,1-4H3,(H2,14,15,16). The highest BCUT2D eigenvalue weighted by Gasteiger charge is 2.11. The second-order valence-electron chi connectivity index (χ2n) is 4.21. The number of anilines is 2. The Labute approximate surface area is 112 Å². The number of nitrogens with zero attached hydrogens (tertiary/aromatic N) is 2. The summed E-state index contributed by atoms with van der Waals surface area (Å²) in [4.78, 5) is 6.43. The molecular weight excluding hydrogens is 259 g/mol. The molecule has 1 aromatic rings. The molecule has 1 aromatic heterocycles. The predicted octanol–water partition coefficient (Wildman–Crippen LogP) is 2.79. The number of pyridine rings is 1. The van der Waals surface area contributed by atoms with Crippen LogP contribution < -0.4 is 10.6 Å². The molecule has 1 unspecified atom stereocenters. The van der Waals surface area contributed by atoms with Crippen LogP contribution in [0.5, 0.6) is 0 Å². The SMILES string of the molecule is CNc1nc(NC(C)CN(C)C)c(Cl)cc1Cl. The summed E-state index contributed by atoms with van der Waals surface area (Å²) in [6, 6.07) is 1.94. The smallest absolute Gasteiger partial charge is 0.147 e. The third-order valence-corrected chi connectivity index (χ3v) is 2.76. The minimum Gasteiger partial charge on any atom is -0.372 e. The topological polar surface area (TPSA) is 40.2 Å². The van der Waals surface area contributed by atoms with Crippen molar-refractivity contribution in [3.8, 4) is 0 Å². The Hall–Kier alpha value is -0.710. The molecule has 1 heterocycles. The lowest BCUT2D eigenvalue weighted by Gasteiger charge is -2.20. The van der Waals surface area contributed by atoms with Gasteiger partial charge in [0, 0.05) is 19.6 Å². The molecule has 0 aliphatic rings. The number of hydrogen-bond acceptors (Lipinski definition) is 4. The van der Waals surface area contributed by atoms with Crippen molar-refractivity contribution >= 4 is 34.8 Å². The molecule has 0 aliphatic carbocycles. The molecule has 17 heavy (non-hydrogen) atoms. The number of rotatable bonds is 5. The lowest BCUT2D eigenvalue weighted by atomic mass is 10.3. The molecular formula is C11H18Cl2N4. The van der Waals surface area contributed by atoms with Crippen LogP contribution in [0, 0.1) is 0 Å². The summed E-state index contributed by atoms with van der Waals surface area (Å²) < 4.78 is 0. The summed E-state index contributed by atoms with van der Waals surface area (Å²) in [5.74, 6) is 1.27. The van der Waals surface area contributed by atoms with Gasteiger partial charge in [0.25, 0.3) is 0 Å². The van der Waals surface area contributed by atoms with Gasteiger partial charge in [-0.1, -0.05) is 23.2 Å². The van der Waals surface area contributed by atoms with Gasteiger partial charge < -0.3 is 15.5 Å². The van der Waals surface area contributed by atoms with Crippen LogP contribution in [0.25, 0.3) is 0 Å². The van der Waals surface area contributed by atoms with Gasteiger partial charge in [0.05, 0.1) is 10.0 Å². The zero-order valence-corrected chi connectivity index (χ0v) is 12.0. The Balaban J connectivity index is 2.83. The molecule has 0 fully saturated rings. The summed E-state index contributed by atoms with van der Waals surface area (Å²) in [6.07, 6.45) is 0. The van der Waals surface area contributed by atoms with Crippen molar-refractivity contribution in [2.24, 2.45) is 0 Å². The molecule has 0 spiro atoms. The number of likely N-dealkylation sites (N-methyl/N-ethyl adjacent to an activating group) is 1. The molecule has 1 rings (SSSR count). The maximum atomic E-state index is 6.09. The van der Waals surface area contributed by atoms with Gasteiger partial charge in [-0.05, 0) is 27.1 Å². The van der Waals surface area contributed by atoms with E-state index in [0.717, 1.165) is 6.54 Å². The minimum atomic E-state index is 0.251. The molecule has 0 amide bonds.